The summed E-state index contributed by atoms with van der Waals surface area (Å²) in [7, 11) is 1.92. The molecule has 6 heteroatoms. The Morgan fingerprint density at radius 3 is 3.00 bits per heavy atom. The summed E-state index contributed by atoms with van der Waals surface area (Å²) in [6.07, 6.45) is 12.1. The standard InChI is InChI=1S/C17H23N5O/c1-20-11-13(10-19-20)15-9-16(15)17(23)22-8-3-2-5-14(22)12-21-7-4-6-18-21/h4,6-7,10-11,14-16H,2-3,5,8-9,12H2,1H3/t14-,15-,16-/m0/s1. The second-order valence-corrected chi connectivity index (χ2v) is 6.81. The van der Waals surface area contributed by atoms with Crippen molar-refractivity contribution in [2.24, 2.45) is 13.0 Å². The molecular formula is C17H23N5O. The highest BCUT2D eigenvalue weighted by Crippen LogP contribution is 2.48. The van der Waals surface area contributed by atoms with Gasteiger partial charge in [0.2, 0.25) is 5.91 Å². The quantitative estimate of drug-likeness (QED) is 0.865. The molecule has 122 valence electrons. The molecule has 0 radical (unpaired) electrons. The average Bonchev–Trinajstić information content (AvgIpc) is 2.96. The Labute approximate surface area is 136 Å². The molecule has 1 amide bonds. The van der Waals surface area contributed by atoms with Crippen molar-refractivity contribution in [3.05, 3.63) is 36.4 Å². The van der Waals surface area contributed by atoms with Gasteiger partial charge in [-0.05, 0) is 43.2 Å². The number of nitrogens with zero attached hydrogens (tertiary/aromatic N) is 5. The minimum Gasteiger partial charge on any atom is -0.338 e. The first-order valence-electron chi connectivity index (χ1n) is 8.49. The predicted octanol–water partition coefficient (Wildman–Crippen LogP) is 1.80. The van der Waals surface area contributed by atoms with Crippen LogP contribution < -0.4 is 0 Å². The lowest BCUT2D eigenvalue weighted by Gasteiger charge is -2.36. The average molecular weight is 313 g/mol. The lowest BCUT2D eigenvalue weighted by molar-refractivity contribution is -0.136. The number of piperidine rings is 1. The molecule has 0 bridgehead atoms. The molecule has 2 fully saturated rings. The molecule has 3 heterocycles. The van der Waals surface area contributed by atoms with Crippen molar-refractivity contribution in [1.82, 2.24) is 24.5 Å². The fraction of sp³-hybridized carbons (Fsp3) is 0.588. The van der Waals surface area contributed by atoms with Gasteiger partial charge in [0, 0.05) is 38.1 Å². The van der Waals surface area contributed by atoms with E-state index in [2.05, 4.69) is 15.1 Å². The van der Waals surface area contributed by atoms with Crippen molar-refractivity contribution in [2.75, 3.05) is 6.54 Å². The third-order valence-electron chi connectivity index (χ3n) is 5.13. The molecule has 1 aliphatic heterocycles. The zero-order valence-corrected chi connectivity index (χ0v) is 13.5. The number of aromatic nitrogens is 4. The number of hydrogen-bond acceptors (Lipinski definition) is 3. The molecule has 1 saturated carbocycles. The van der Waals surface area contributed by atoms with Gasteiger partial charge in [-0.2, -0.15) is 10.2 Å². The first kappa shape index (κ1) is 14.5. The number of hydrogen-bond donors (Lipinski definition) is 0. The molecule has 4 rings (SSSR count). The van der Waals surface area contributed by atoms with Crippen molar-refractivity contribution in [2.45, 2.75) is 44.2 Å². The van der Waals surface area contributed by atoms with Crippen LogP contribution in [0.4, 0.5) is 0 Å². The smallest absolute Gasteiger partial charge is 0.226 e. The fourth-order valence-electron chi connectivity index (χ4n) is 3.79. The molecule has 0 N–H and O–H groups in total. The van der Waals surface area contributed by atoms with Gasteiger partial charge in [0.1, 0.15) is 0 Å². The van der Waals surface area contributed by atoms with Gasteiger partial charge in [0.25, 0.3) is 0 Å². The van der Waals surface area contributed by atoms with E-state index in [1.54, 1.807) is 6.20 Å². The summed E-state index contributed by atoms with van der Waals surface area (Å²) in [6.45, 7) is 1.70. The lowest BCUT2D eigenvalue weighted by atomic mass is 10.0. The number of amides is 1. The van der Waals surface area contributed by atoms with Crippen molar-refractivity contribution in [1.29, 1.82) is 0 Å². The molecule has 0 unspecified atom stereocenters. The van der Waals surface area contributed by atoms with E-state index in [9.17, 15) is 4.79 Å². The van der Waals surface area contributed by atoms with Crippen LogP contribution in [-0.4, -0.2) is 43.0 Å². The van der Waals surface area contributed by atoms with Crippen molar-refractivity contribution < 1.29 is 4.79 Å². The van der Waals surface area contributed by atoms with Gasteiger partial charge < -0.3 is 4.90 Å². The molecule has 1 saturated heterocycles. The van der Waals surface area contributed by atoms with E-state index in [-0.39, 0.29) is 12.0 Å². The molecule has 23 heavy (non-hydrogen) atoms. The van der Waals surface area contributed by atoms with Crippen LogP contribution in [0.25, 0.3) is 0 Å². The van der Waals surface area contributed by atoms with Crippen LogP contribution in [-0.2, 0) is 18.4 Å². The van der Waals surface area contributed by atoms with Crippen LogP contribution >= 0.6 is 0 Å². The second-order valence-electron chi connectivity index (χ2n) is 6.81. The maximum absolute atomic E-state index is 13.0. The normalized spacial score (nSPS) is 27.2. The maximum atomic E-state index is 13.0. The third-order valence-corrected chi connectivity index (χ3v) is 5.13. The summed E-state index contributed by atoms with van der Waals surface area (Å²) in [5, 5.41) is 8.53. The van der Waals surface area contributed by atoms with Gasteiger partial charge in [-0.3, -0.25) is 14.2 Å². The number of rotatable bonds is 4. The van der Waals surface area contributed by atoms with Crippen LogP contribution in [0.1, 0.15) is 37.2 Å². The Hall–Kier alpha value is -2.11. The van der Waals surface area contributed by atoms with E-state index in [0.29, 0.717) is 11.8 Å². The predicted molar refractivity (Wildman–Crippen MR) is 85.6 cm³/mol. The van der Waals surface area contributed by atoms with Gasteiger partial charge in [0.05, 0.1) is 18.8 Å². The molecule has 6 nitrogen and oxygen atoms in total. The molecule has 0 spiro atoms. The highest BCUT2D eigenvalue weighted by Gasteiger charge is 2.47. The van der Waals surface area contributed by atoms with E-state index < -0.39 is 0 Å². The van der Waals surface area contributed by atoms with E-state index in [4.69, 9.17) is 0 Å². The van der Waals surface area contributed by atoms with E-state index in [1.807, 2.05) is 41.1 Å². The minimum absolute atomic E-state index is 0.150. The Bertz CT molecular complexity index is 677. The maximum Gasteiger partial charge on any atom is 0.226 e. The number of likely N-dealkylation sites (tertiary alicyclic amines) is 1. The lowest BCUT2D eigenvalue weighted by Crippen LogP contribution is -2.46. The Morgan fingerprint density at radius 1 is 1.35 bits per heavy atom. The van der Waals surface area contributed by atoms with Gasteiger partial charge in [-0.25, -0.2) is 0 Å². The largest absolute Gasteiger partial charge is 0.338 e. The molecule has 2 aromatic heterocycles. The molecule has 1 aliphatic carbocycles. The van der Waals surface area contributed by atoms with Gasteiger partial charge in [-0.15, -0.1) is 0 Å². The van der Waals surface area contributed by atoms with Crippen LogP contribution in [0.2, 0.25) is 0 Å². The SMILES string of the molecule is Cn1cc([C@@H]2C[C@@H]2C(=O)N2CCCC[C@H]2Cn2cccn2)cn1. The van der Waals surface area contributed by atoms with Crippen LogP contribution in [0.5, 0.6) is 0 Å². The zero-order valence-electron chi connectivity index (χ0n) is 13.5. The van der Waals surface area contributed by atoms with Gasteiger partial charge >= 0.3 is 0 Å². The topological polar surface area (TPSA) is 56.0 Å². The van der Waals surface area contributed by atoms with E-state index in [1.165, 1.54) is 12.0 Å². The fourth-order valence-corrected chi connectivity index (χ4v) is 3.79. The Kier molecular flexibility index (Phi) is 3.67. The van der Waals surface area contributed by atoms with Crippen molar-refractivity contribution in [3.63, 3.8) is 0 Å². The summed E-state index contributed by atoms with van der Waals surface area (Å²) >= 11 is 0. The molecule has 0 aromatic carbocycles. The molecule has 3 atom stereocenters. The number of aryl methyl sites for hydroxylation is 1. The van der Waals surface area contributed by atoms with Gasteiger partial charge in [-0.1, -0.05) is 0 Å². The summed E-state index contributed by atoms with van der Waals surface area (Å²) in [5.41, 5.74) is 1.20. The molecule has 2 aliphatic rings. The molecular weight excluding hydrogens is 290 g/mol. The monoisotopic (exact) mass is 313 g/mol. The molecule has 2 aromatic rings. The first-order chi connectivity index (χ1) is 11.2. The Morgan fingerprint density at radius 2 is 2.26 bits per heavy atom. The van der Waals surface area contributed by atoms with E-state index in [0.717, 1.165) is 32.4 Å². The van der Waals surface area contributed by atoms with Gasteiger partial charge in [0.15, 0.2) is 0 Å². The summed E-state index contributed by atoms with van der Waals surface area (Å²) in [4.78, 5) is 15.1. The highest BCUT2D eigenvalue weighted by atomic mass is 16.2. The number of carbonyl (C=O) groups is 1. The van der Waals surface area contributed by atoms with E-state index >= 15 is 0 Å². The summed E-state index contributed by atoms with van der Waals surface area (Å²) < 4.78 is 3.76. The summed E-state index contributed by atoms with van der Waals surface area (Å²) in [5.74, 6) is 0.844. The highest BCUT2D eigenvalue weighted by molar-refractivity contribution is 5.83. The first-order valence-corrected chi connectivity index (χ1v) is 8.49. The van der Waals surface area contributed by atoms with Crippen molar-refractivity contribution in [3.8, 4) is 0 Å². The Balaban J connectivity index is 1.44. The number of carbonyl (C=O) groups excluding carboxylic acids is 1. The van der Waals surface area contributed by atoms with Crippen LogP contribution in [0, 0.1) is 5.92 Å². The third kappa shape index (κ3) is 2.90. The van der Waals surface area contributed by atoms with Crippen molar-refractivity contribution >= 4 is 5.91 Å². The van der Waals surface area contributed by atoms with Crippen LogP contribution in [0.3, 0.4) is 0 Å². The second kappa shape index (κ2) is 5.83. The zero-order chi connectivity index (χ0) is 15.8. The minimum atomic E-state index is 0.150. The van der Waals surface area contributed by atoms with Crippen LogP contribution in [0.15, 0.2) is 30.9 Å². The summed E-state index contributed by atoms with van der Waals surface area (Å²) in [6, 6.07) is 2.22.